The van der Waals surface area contributed by atoms with Gasteiger partial charge in [-0.05, 0) is 56.6 Å². The van der Waals surface area contributed by atoms with Crippen LogP contribution < -0.4 is 0 Å². The predicted octanol–water partition coefficient (Wildman–Crippen LogP) is 6.06. The molecular formula is C22H28N2. The highest BCUT2D eigenvalue weighted by Crippen LogP contribution is 2.55. The van der Waals surface area contributed by atoms with Gasteiger partial charge in [0.1, 0.15) is 5.82 Å². The van der Waals surface area contributed by atoms with Crippen LogP contribution in [0.4, 0.5) is 0 Å². The van der Waals surface area contributed by atoms with E-state index in [9.17, 15) is 0 Å². The van der Waals surface area contributed by atoms with Gasteiger partial charge in [-0.25, -0.2) is 4.98 Å². The Morgan fingerprint density at radius 1 is 1.25 bits per heavy atom. The Hall–Kier alpha value is -2.09. The Balaban J connectivity index is 2.19. The van der Waals surface area contributed by atoms with Crippen molar-refractivity contribution in [2.45, 2.75) is 53.4 Å². The first-order valence-electron chi connectivity index (χ1n) is 8.84. The fraction of sp³-hybridized carbons (Fsp3) is 0.409. The summed E-state index contributed by atoms with van der Waals surface area (Å²) in [6.45, 7) is 13.3. The van der Waals surface area contributed by atoms with Crippen LogP contribution in [0, 0.1) is 5.92 Å². The minimum Gasteiger partial charge on any atom is -0.300 e. The van der Waals surface area contributed by atoms with E-state index in [1.807, 2.05) is 6.20 Å². The standard InChI is InChI=1S/C22H28N2/c1-7-16(4)20(15(2)3)24-13-12-23-21(24)18-10-8-9-11-19(18)22(6)14-17(22)5/h7-13,17H,14H2,1-6H3/b16-7-. The third-order valence-electron chi connectivity index (χ3n) is 5.60. The van der Waals surface area contributed by atoms with Gasteiger partial charge in [0, 0.05) is 23.7 Å². The molecule has 2 atom stereocenters. The largest absolute Gasteiger partial charge is 0.300 e. The summed E-state index contributed by atoms with van der Waals surface area (Å²) >= 11 is 0. The fourth-order valence-corrected chi connectivity index (χ4v) is 3.77. The molecule has 1 aliphatic carbocycles. The molecule has 2 aromatic rings. The lowest BCUT2D eigenvalue weighted by atomic mass is 9.90. The molecule has 1 aliphatic rings. The Morgan fingerprint density at radius 3 is 2.50 bits per heavy atom. The predicted molar refractivity (Wildman–Crippen MR) is 103 cm³/mol. The fourth-order valence-electron chi connectivity index (χ4n) is 3.77. The Bertz CT molecular complexity index is 818. The van der Waals surface area contributed by atoms with Gasteiger partial charge >= 0.3 is 0 Å². The van der Waals surface area contributed by atoms with E-state index in [0.29, 0.717) is 0 Å². The smallest absolute Gasteiger partial charge is 0.144 e. The molecule has 2 unspecified atom stereocenters. The van der Waals surface area contributed by atoms with Crippen molar-refractivity contribution in [3.63, 3.8) is 0 Å². The molecule has 1 aromatic heterocycles. The molecule has 1 aromatic carbocycles. The molecule has 0 radical (unpaired) electrons. The van der Waals surface area contributed by atoms with Gasteiger partial charge in [-0.2, -0.15) is 0 Å². The summed E-state index contributed by atoms with van der Waals surface area (Å²) in [6.07, 6.45) is 7.42. The van der Waals surface area contributed by atoms with Crippen LogP contribution in [0.1, 0.15) is 53.5 Å². The van der Waals surface area contributed by atoms with E-state index in [2.05, 4.69) is 82.6 Å². The summed E-state index contributed by atoms with van der Waals surface area (Å²) in [6, 6.07) is 8.78. The Kier molecular flexibility index (Phi) is 4.25. The number of nitrogens with zero attached hydrogens (tertiary/aromatic N) is 2. The van der Waals surface area contributed by atoms with Gasteiger partial charge in [0.05, 0.1) is 0 Å². The molecule has 3 rings (SSSR count). The molecular weight excluding hydrogens is 292 g/mol. The van der Waals surface area contributed by atoms with Crippen LogP contribution in [-0.2, 0) is 5.41 Å². The first-order chi connectivity index (χ1) is 11.4. The number of hydrogen-bond acceptors (Lipinski definition) is 1. The summed E-state index contributed by atoms with van der Waals surface area (Å²) < 4.78 is 2.25. The van der Waals surface area contributed by atoms with Gasteiger partial charge in [0.25, 0.3) is 0 Å². The van der Waals surface area contributed by atoms with Crippen LogP contribution in [0.3, 0.4) is 0 Å². The summed E-state index contributed by atoms with van der Waals surface area (Å²) in [7, 11) is 0. The monoisotopic (exact) mass is 320 g/mol. The summed E-state index contributed by atoms with van der Waals surface area (Å²) in [5, 5.41) is 0. The van der Waals surface area contributed by atoms with E-state index in [1.165, 1.54) is 34.4 Å². The molecule has 126 valence electrons. The summed E-state index contributed by atoms with van der Waals surface area (Å²) in [5.74, 6) is 1.78. The van der Waals surface area contributed by atoms with Crippen molar-refractivity contribution in [2.24, 2.45) is 5.92 Å². The summed E-state index contributed by atoms with van der Waals surface area (Å²) in [4.78, 5) is 4.73. The average molecular weight is 320 g/mol. The molecule has 0 spiro atoms. The lowest BCUT2D eigenvalue weighted by Crippen LogP contribution is -2.09. The number of aromatic nitrogens is 2. The number of rotatable bonds is 4. The number of hydrogen-bond donors (Lipinski definition) is 0. The Morgan fingerprint density at radius 2 is 1.92 bits per heavy atom. The average Bonchev–Trinajstić information content (AvgIpc) is 2.97. The molecule has 0 aliphatic heterocycles. The molecule has 0 N–H and O–H groups in total. The lowest BCUT2D eigenvalue weighted by molar-refractivity contribution is 0.702. The number of imidazole rings is 1. The quantitative estimate of drug-likeness (QED) is 0.626. The van der Waals surface area contributed by atoms with E-state index in [4.69, 9.17) is 4.98 Å². The van der Waals surface area contributed by atoms with Gasteiger partial charge < -0.3 is 0 Å². The lowest BCUT2D eigenvalue weighted by Gasteiger charge is -2.19. The van der Waals surface area contributed by atoms with Crippen LogP contribution >= 0.6 is 0 Å². The maximum atomic E-state index is 4.73. The molecule has 0 amide bonds. The van der Waals surface area contributed by atoms with E-state index >= 15 is 0 Å². The van der Waals surface area contributed by atoms with E-state index < -0.39 is 0 Å². The first-order valence-corrected chi connectivity index (χ1v) is 8.84. The van der Waals surface area contributed by atoms with Crippen molar-refractivity contribution in [2.75, 3.05) is 0 Å². The van der Waals surface area contributed by atoms with Crippen LogP contribution in [0.2, 0.25) is 0 Å². The summed E-state index contributed by atoms with van der Waals surface area (Å²) in [5.41, 5.74) is 6.79. The maximum absolute atomic E-state index is 4.73. The Labute approximate surface area is 145 Å². The van der Waals surface area contributed by atoms with E-state index in [-0.39, 0.29) is 5.41 Å². The zero-order chi connectivity index (χ0) is 17.5. The van der Waals surface area contributed by atoms with Crippen LogP contribution in [0.15, 0.2) is 53.9 Å². The second-order valence-electron chi connectivity index (χ2n) is 7.51. The van der Waals surface area contributed by atoms with Crippen LogP contribution in [0.5, 0.6) is 0 Å². The van der Waals surface area contributed by atoms with Gasteiger partial charge in [0.15, 0.2) is 0 Å². The highest BCUT2D eigenvalue weighted by molar-refractivity contribution is 5.74. The molecule has 2 nitrogen and oxygen atoms in total. The second kappa shape index (κ2) is 6.08. The second-order valence-corrected chi connectivity index (χ2v) is 7.51. The van der Waals surface area contributed by atoms with Crippen LogP contribution in [-0.4, -0.2) is 9.55 Å². The van der Waals surface area contributed by atoms with Crippen LogP contribution in [0.25, 0.3) is 17.1 Å². The van der Waals surface area contributed by atoms with Crippen molar-refractivity contribution in [3.8, 4) is 11.4 Å². The molecule has 1 saturated carbocycles. The maximum Gasteiger partial charge on any atom is 0.144 e. The van der Waals surface area contributed by atoms with Gasteiger partial charge in [-0.1, -0.05) is 49.8 Å². The van der Waals surface area contributed by atoms with Crippen molar-refractivity contribution in [1.82, 2.24) is 9.55 Å². The molecule has 1 fully saturated rings. The highest BCUT2D eigenvalue weighted by atomic mass is 15.1. The normalized spacial score (nSPS) is 23.2. The molecule has 2 heteroatoms. The minimum absolute atomic E-state index is 0.286. The van der Waals surface area contributed by atoms with Crippen molar-refractivity contribution in [1.29, 1.82) is 0 Å². The molecule has 0 saturated heterocycles. The zero-order valence-electron chi connectivity index (χ0n) is 15.7. The minimum atomic E-state index is 0.286. The molecule has 1 heterocycles. The molecule has 0 bridgehead atoms. The van der Waals surface area contributed by atoms with Crippen molar-refractivity contribution >= 4 is 5.70 Å². The number of allylic oxidation sites excluding steroid dienone is 4. The van der Waals surface area contributed by atoms with Gasteiger partial charge in [-0.15, -0.1) is 0 Å². The molecule has 24 heavy (non-hydrogen) atoms. The topological polar surface area (TPSA) is 17.8 Å². The third kappa shape index (κ3) is 2.64. The first kappa shape index (κ1) is 16.8. The van der Waals surface area contributed by atoms with E-state index in [0.717, 1.165) is 11.7 Å². The van der Waals surface area contributed by atoms with Crippen molar-refractivity contribution in [3.05, 3.63) is 59.4 Å². The third-order valence-corrected chi connectivity index (χ3v) is 5.60. The van der Waals surface area contributed by atoms with Crippen molar-refractivity contribution < 1.29 is 0 Å². The zero-order valence-corrected chi connectivity index (χ0v) is 15.7. The SMILES string of the molecule is C/C=C(/C)C(=C(C)C)n1ccnc1-c1ccccc1C1(C)CC1C. The van der Waals surface area contributed by atoms with Gasteiger partial charge in [0.2, 0.25) is 0 Å². The highest BCUT2D eigenvalue weighted by Gasteiger charge is 2.49. The number of benzene rings is 1. The van der Waals surface area contributed by atoms with E-state index in [1.54, 1.807) is 0 Å². The van der Waals surface area contributed by atoms with Gasteiger partial charge in [-0.3, -0.25) is 4.57 Å².